The summed E-state index contributed by atoms with van der Waals surface area (Å²) in [6, 6.07) is 7.16. The molecule has 7 nitrogen and oxygen atoms in total. The van der Waals surface area contributed by atoms with Crippen LogP contribution in [0.3, 0.4) is 0 Å². The van der Waals surface area contributed by atoms with Gasteiger partial charge in [0.25, 0.3) is 5.56 Å². The lowest BCUT2D eigenvalue weighted by atomic mass is 10.1. The Hall–Kier alpha value is -2.87. The molecule has 8 heteroatoms. The van der Waals surface area contributed by atoms with Crippen LogP contribution in [-0.2, 0) is 11.3 Å². The van der Waals surface area contributed by atoms with E-state index in [1.807, 2.05) is 44.4 Å². The first kappa shape index (κ1) is 20.9. The Morgan fingerprint density at radius 3 is 2.76 bits per heavy atom. The number of hydrogen-bond donors (Lipinski definition) is 1. The lowest BCUT2D eigenvalue weighted by Gasteiger charge is -2.18. The highest BCUT2D eigenvalue weighted by Gasteiger charge is 2.14. The van der Waals surface area contributed by atoms with E-state index in [-0.39, 0.29) is 36.6 Å². The number of aromatic nitrogens is 2. The van der Waals surface area contributed by atoms with Crippen molar-refractivity contribution in [2.45, 2.75) is 45.9 Å². The third kappa shape index (κ3) is 4.95. The number of nitrogens with zero attached hydrogens (tertiary/aromatic N) is 2. The second-order valence-electron chi connectivity index (χ2n) is 7.00. The SMILES string of the molecule is COc1cc(C(C)NC(=O)CCn2cnc3sccc3c2=O)ccc1OC(C)C. The predicted molar refractivity (Wildman–Crippen MR) is 114 cm³/mol. The average Bonchev–Trinajstić information content (AvgIpc) is 3.17. The zero-order chi connectivity index (χ0) is 21.0. The minimum absolute atomic E-state index is 0.0399. The minimum atomic E-state index is -0.210. The number of nitrogens with one attached hydrogen (secondary N) is 1. The Labute approximate surface area is 173 Å². The van der Waals surface area contributed by atoms with Gasteiger partial charge in [0, 0.05) is 13.0 Å². The van der Waals surface area contributed by atoms with Crippen LogP contribution >= 0.6 is 11.3 Å². The Bertz CT molecular complexity index is 1060. The van der Waals surface area contributed by atoms with Gasteiger partial charge in [-0.1, -0.05) is 6.07 Å². The van der Waals surface area contributed by atoms with Crippen molar-refractivity contribution in [3.05, 3.63) is 51.9 Å². The molecular weight excluding hydrogens is 390 g/mol. The molecule has 3 aromatic rings. The summed E-state index contributed by atoms with van der Waals surface area (Å²) in [6.45, 7) is 6.09. The molecule has 29 heavy (non-hydrogen) atoms. The van der Waals surface area contributed by atoms with Gasteiger partial charge in [-0.05, 0) is 49.9 Å². The largest absolute Gasteiger partial charge is 0.493 e. The Kier molecular flexibility index (Phi) is 6.53. The highest BCUT2D eigenvalue weighted by atomic mass is 32.1. The number of benzene rings is 1. The van der Waals surface area contributed by atoms with E-state index in [2.05, 4.69) is 10.3 Å². The smallest absolute Gasteiger partial charge is 0.262 e. The normalized spacial score (nSPS) is 12.2. The van der Waals surface area contributed by atoms with Crippen LogP contribution in [0.4, 0.5) is 0 Å². The van der Waals surface area contributed by atoms with E-state index in [1.165, 1.54) is 22.2 Å². The molecule has 0 aliphatic heterocycles. The summed E-state index contributed by atoms with van der Waals surface area (Å²) in [6.07, 6.45) is 1.72. The average molecular weight is 416 g/mol. The summed E-state index contributed by atoms with van der Waals surface area (Å²) in [5.41, 5.74) is 0.785. The van der Waals surface area contributed by atoms with Gasteiger partial charge in [0.1, 0.15) is 4.83 Å². The Morgan fingerprint density at radius 2 is 2.03 bits per heavy atom. The van der Waals surface area contributed by atoms with Crippen molar-refractivity contribution in [2.24, 2.45) is 0 Å². The molecular formula is C21H25N3O4S. The van der Waals surface area contributed by atoms with Gasteiger partial charge < -0.3 is 14.8 Å². The van der Waals surface area contributed by atoms with Crippen molar-refractivity contribution in [3.63, 3.8) is 0 Å². The minimum Gasteiger partial charge on any atom is -0.493 e. The monoisotopic (exact) mass is 415 g/mol. The first-order valence-corrected chi connectivity index (χ1v) is 10.3. The number of aryl methyl sites for hydroxylation is 1. The van der Waals surface area contributed by atoms with E-state index in [1.54, 1.807) is 13.2 Å². The predicted octanol–water partition coefficient (Wildman–Crippen LogP) is 3.52. The molecule has 2 aromatic heterocycles. The van der Waals surface area contributed by atoms with Crippen LogP contribution in [0, 0.1) is 0 Å². The lowest BCUT2D eigenvalue weighted by molar-refractivity contribution is -0.121. The maximum atomic E-state index is 12.4. The highest BCUT2D eigenvalue weighted by molar-refractivity contribution is 7.16. The molecule has 0 aliphatic carbocycles. The summed E-state index contributed by atoms with van der Waals surface area (Å²) >= 11 is 1.42. The standard InChI is InChI=1S/C21H25N3O4S/c1-13(2)28-17-6-5-15(11-18(17)27-4)14(3)23-19(25)7-9-24-12-22-20-16(21(24)26)8-10-29-20/h5-6,8,10-14H,7,9H2,1-4H3,(H,23,25). The second-order valence-corrected chi connectivity index (χ2v) is 7.89. The van der Waals surface area contributed by atoms with Crippen molar-refractivity contribution in [1.82, 2.24) is 14.9 Å². The van der Waals surface area contributed by atoms with Crippen LogP contribution in [0.2, 0.25) is 0 Å². The molecule has 0 fully saturated rings. The number of carbonyl (C=O) groups is 1. The number of ether oxygens (including phenoxy) is 2. The number of amides is 1. The van der Waals surface area contributed by atoms with Crippen molar-refractivity contribution >= 4 is 27.5 Å². The maximum Gasteiger partial charge on any atom is 0.262 e. The van der Waals surface area contributed by atoms with Crippen LogP contribution in [0.1, 0.15) is 38.8 Å². The van der Waals surface area contributed by atoms with Crippen molar-refractivity contribution in [2.75, 3.05) is 7.11 Å². The molecule has 1 atom stereocenters. The third-order valence-corrected chi connectivity index (χ3v) is 5.28. The van der Waals surface area contributed by atoms with E-state index in [0.29, 0.717) is 21.7 Å². The fraction of sp³-hybridized carbons (Fsp3) is 0.381. The van der Waals surface area contributed by atoms with Crippen molar-refractivity contribution < 1.29 is 14.3 Å². The van der Waals surface area contributed by atoms with Gasteiger partial charge in [-0.3, -0.25) is 14.2 Å². The summed E-state index contributed by atoms with van der Waals surface area (Å²) < 4.78 is 12.6. The zero-order valence-corrected chi connectivity index (χ0v) is 17.8. The van der Waals surface area contributed by atoms with E-state index in [4.69, 9.17) is 9.47 Å². The molecule has 1 unspecified atom stereocenters. The molecule has 3 rings (SSSR count). The Morgan fingerprint density at radius 1 is 1.24 bits per heavy atom. The van der Waals surface area contributed by atoms with Crippen LogP contribution < -0.4 is 20.3 Å². The first-order valence-electron chi connectivity index (χ1n) is 9.45. The number of methoxy groups -OCH3 is 1. The summed E-state index contributed by atoms with van der Waals surface area (Å²) in [5.74, 6) is 1.15. The quantitative estimate of drug-likeness (QED) is 0.609. The zero-order valence-electron chi connectivity index (χ0n) is 17.0. The van der Waals surface area contributed by atoms with E-state index < -0.39 is 0 Å². The van der Waals surface area contributed by atoms with Crippen molar-refractivity contribution in [3.8, 4) is 11.5 Å². The van der Waals surface area contributed by atoms with E-state index >= 15 is 0 Å². The van der Waals surface area contributed by atoms with Gasteiger partial charge in [-0.15, -0.1) is 11.3 Å². The topological polar surface area (TPSA) is 82.5 Å². The van der Waals surface area contributed by atoms with Gasteiger partial charge >= 0.3 is 0 Å². The number of thiophene rings is 1. The first-order chi connectivity index (χ1) is 13.9. The van der Waals surface area contributed by atoms with E-state index in [0.717, 1.165) is 5.56 Å². The molecule has 1 amide bonds. The summed E-state index contributed by atoms with van der Waals surface area (Å²) in [5, 5.41) is 5.38. The number of fused-ring (bicyclic) bond motifs is 1. The molecule has 154 valence electrons. The van der Waals surface area contributed by atoms with Crippen molar-refractivity contribution in [1.29, 1.82) is 0 Å². The molecule has 0 aliphatic rings. The fourth-order valence-corrected chi connectivity index (χ4v) is 3.70. The number of hydrogen-bond acceptors (Lipinski definition) is 6. The number of rotatable bonds is 8. The van der Waals surface area contributed by atoms with E-state index in [9.17, 15) is 9.59 Å². The molecule has 2 heterocycles. The van der Waals surface area contributed by atoms with Crippen LogP contribution in [-0.4, -0.2) is 28.7 Å². The molecule has 0 bridgehead atoms. The van der Waals surface area contributed by atoms with Gasteiger partial charge in [0.05, 0.1) is 31.0 Å². The van der Waals surface area contributed by atoms with Crippen LogP contribution in [0.5, 0.6) is 11.5 Å². The summed E-state index contributed by atoms with van der Waals surface area (Å²) in [7, 11) is 1.59. The molecule has 1 N–H and O–H groups in total. The van der Waals surface area contributed by atoms with Gasteiger partial charge in [0.15, 0.2) is 11.5 Å². The van der Waals surface area contributed by atoms with Gasteiger partial charge in [-0.2, -0.15) is 0 Å². The molecule has 1 aromatic carbocycles. The van der Waals surface area contributed by atoms with Gasteiger partial charge in [0.2, 0.25) is 5.91 Å². The fourth-order valence-electron chi connectivity index (χ4n) is 2.98. The lowest BCUT2D eigenvalue weighted by Crippen LogP contribution is -2.29. The molecule has 0 saturated heterocycles. The molecule has 0 radical (unpaired) electrons. The van der Waals surface area contributed by atoms with Crippen LogP contribution in [0.15, 0.2) is 40.8 Å². The van der Waals surface area contributed by atoms with Crippen LogP contribution in [0.25, 0.3) is 10.2 Å². The summed E-state index contributed by atoms with van der Waals surface area (Å²) in [4.78, 5) is 29.8. The maximum absolute atomic E-state index is 12.4. The molecule has 0 spiro atoms. The third-order valence-electron chi connectivity index (χ3n) is 4.46. The second kappa shape index (κ2) is 9.09. The number of carbonyl (C=O) groups excluding carboxylic acids is 1. The van der Waals surface area contributed by atoms with Gasteiger partial charge in [-0.25, -0.2) is 4.98 Å². The Balaban J connectivity index is 1.62. The molecule has 0 saturated carbocycles. The highest BCUT2D eigenvalue weighted by Crippen LogP contribution is 2.31.